The van der Waals surface area contributed by atoms with Gasteiger partial charge in [-0.3, -0.25) is 4.79 Å². The lowest BCUT2D eigenvalue weighted by atomic mass is 9.97. The van der Waals surface area contributed by atoms with E-state index < -0.39 is 0 Å². The molecule has 2 atom stereocenters. The molecular weight excluding hydrogens is 343 g/mol. The number of amides is 1. The van der Waals surface area contributed by atoms with Crippen molar-refractivity contribution in [3.8, 4) is 0 Å². The highest BCUT2D eigenvalue weighted by atomic mass is 35.5. The Kier molecular flexibility index (Phi) is 7.10. The number of nitrogens with one attached hydrogen (secondary N) is 2. The lowest BCUT2D eigenvalue weighted by Crippen LogP contribution is -2.35. The molecule has 24 heavy (non-hydrogen) atoms. The molecule has 0 aliphatic carbocycles. The van der Waals surface area contributed by atoms with Gasteiger partial charge < -0.3 is 10.6 Å². The highest BCUT2D eigenvalue weighted by Crippen LogP contribution is 2.21. The van der Waals surface area contributed by atoms with Crippen LogP contribution in [0.1, 0.15) is 23.6 Å². The molecule has 2 N–H and O–H groups in total. The highest BCUT2D eigenvalue weighted by Gasteiger charge is 2.25. The molecule has 128 valence electrons. The van der Waals surface area contributed by atoms with E-state index in [4.69, 9.17) is 11.6 Å². The van der Waals surface area contributed by atoms with Gasteiger partial charge >= 0.3 is 0 Å². The number of carbonyl (C=O) groups excluding carboxylic acids is 1. The summed E-state index contributed by atoms with van der Waals surface area (Å²) in [4.78, 5) is 12.5. The van der Waals surface area contributed by atoms with Crippen LogP contribution in [0.25, 0.3) is 0 Å². The fourth-order valence-electron chi connectivity index (χ4n) is 2.96. The van der Waals surface area contributed by atoms with Gasteiger partial charge in [0, 0.05) is 11.6 Å². The van der Waals surface area contributed by atoms with E-state index in [9.17, 15) is 4.79 Å². The number of benzene rings is 2. The van der Waals surface area contributed by atoms with Crippen LogP contribution in [-0.2, 0) is 11.2 Å². The van der Waals surface area contributed by atoms with E-state index >= 15 is 0 Å². The lowest BCUT2D eigenvalue weighted by Gasteiger charge is -2.21. The molecule has 0 aromatic heterocycles. The molecule has 1 amide bonds. The second-order valence-electron chi connectivity index (χ2n) is 5.99. The Morgan fingerprint density at radius 1 is 1.17 bits per heavy atom. The van der Waals surface area contributed by atoms with E-state index in [1.807, 2.05) is 42.5 Å². The van der Waals surface area contributed by atoms with E-state index in [0.717, 1.165) is 42.1 Å². The molecule has 1 aliphatic rings. The maximum absolute atomic E-state index is 12.5. The summed E-state index contributed by atoms with van der Waals surface area (Å²) in [7, 11) is 0. The quantitative estimate of drug-likeness (QED) is 0.847. The Hall–Kier alpha value is -1.55. The summed E-state index contributed by atoms with van der Waals surface area (Å²) < 4.78 is 0. The molecule has 2 unspecified atom stereocenters. The van der Waals surface area contributed by atoms with Gasteiger partial charge in [0.25, 0.3) is 0 Å². The summed E-state index contributed by atoms with van der Waals surface area (Å²) in [6, 6.07) is 17.9. The van der Waals surface area contributed by atoms with Crippen molar-refractivity contribution in [3.05, 3.63) is 70.7 Å². The van der Waals surface area contributed by atoms with Crippen molar-refractivity contribution in [2.24, 2.45) is 5.92 Å². The van der Waals surface area contributed by atoms with Crippen LogP contribution < -0.4 is 10.6 Å². The summed E-state index contributed by atoms with van der Waals surface area (Å²) >= 11 is 5.96. The molecule has 0 radical (unpaired) electrons. The minimum absolute atomic E-state index is 0. The van der Waals surface area contributed by atoms with Gasteiger partial charge in [0.05, 0.1) is 12.0 Å². The van der Waals surface area contributed by atoms with Gasteiger partial charge in [0.15, 0.2) is 0 Å². The second-order valence-corrected chi connectivity index (χ2v) is 6.43. The molecule has 2 aromatic carbocycles. The fraction of sp³-hybridized carbons (Fsp3) is 0.316. The van der Waals surface area contributed by atoms with Crippen molar-refractivity contribution < 1.29 is 4.79 Å². The maximum Gasteiger partial charge on any atom is 0.224 e. The second kappa shape index (κ2) is 9.07. The third-order valence-corrected chi connectivity index (χ3v) is 4.55. The standard InChI is InChI=1S/C19H21ClN2O.ClH/c20-17-8-6-14(7-9-17)12-18(15-4-2-1-3-5-15)22-19(23)16-10-11-21-13-16;/h1-9,16,18,21H,10-13H2,(H,22,23);1H. The van der Waals surface area contributed by atoms with Gasteiger partial charge in [-0.15, -0.1) is 12.4 Å². The molecule has 1 fully saturated rings. The van der Waals surface area contributed by atoms with Crippen molar-refractivity contribution in [3.63, 3.8) is 0 Å². The Bertz CT molecular complexity index is 640. The van der Waals surface area contributed by atoms with Crippen LogP contribution in [-0.4, -0.2) is 19.0 Å². The average molecular weight is 365 g/mol. The summed E-state index contributed by atoms with van der Waals surface area (Å²) in [5.41, 5.74) is 2.29. The Labute approximate surface area is 154 Å². The molecule has 0 spiro atoms. The van der Waals surface area contributed by atoms with Gasteiger partial charge in [-0.25, -0.2) is 0 Å². The zero-order valence-electron chi connectivity index (χ0n) is 13.4. The Morgan fingerprint density at radius 2 is 1.88 bits per heavy atom. The maximum atomic E-state index is 12.5. The molecule has 3 nitrogen and oxygen atoms in total. The van der Waals surface area contributed by atoms with Crippen LogP contribution in [0.3, 0.4) is 0 Å². The third kappa shape index (κ3) is 4.97. The predicted molar refractivity (Wildman–Crippen MR) is 101 cm³/mol. The van der Waals surface area contributed by atoms with Gasteiger partial charge in [-0.05, 0) is 42.6 Å². The SMILES string of the molecule is Cl.O=C(NC(Cc1ccc(Cl)cc1)c1ccccc1)C1CCNC1. The van der Waals surface area contributed by atoms with E-state index in [2.05, 4.69) is 22.8 Å². The molecule has 5 heteroatoms. The lowest BCUT2D eigenvalue weighted by molar-refractivity contribution is -0.125. The van der Waals surface area contributed by atoms with E-state index in [1.54, 1.807) is 0 Å². The van der Waals surface area contributed by atoms with Crippen molar-refractivity contribution >= 4 is 29.9 Å². The summed E-state index contributed by atoms with van der Waals surface area (Å²) in [5.74, 6) is 0.212. The number of halogens is 2. The largest absolute Gasteiger partial charge is 0.349 e. The highest BCUT2D eigenvalue weighted by molar-refractivity contribution is 6.30. The van der Waals surface area contributed by atoms with Crippen molar-refractivity contribution in [2.45, 2.75) is 18.9 Å². The molecule has 1 heterocycles. The van der Waals surface area contributed by atoms with E-state index in [0.29, 0.717) is 0 Å². The van der Waals surface area contributed by atoms with Crippen LogP contribution in [0.4, 0.5) is 0 Å². The predicted octanol–water partition coefficient (Wildman–Crippen LogP) is 3.77. The monoisotopic (exact) mass is 364 g/mol. The molecule has 0 saturated carbocycles. The third-order valence-electron chi connectivity index (χ3n) is 4.30. The van der Waals surface area contributed by atoms with Crippen LogP contribution in [0, 0.1) is 5.92 Å². The van der Waals surface area contributed by atoms with Gasteiger partial charge in [0.2, 0.25) is 5.91 Å². The van der Waals surface area contributed by atoms with Crippen LogP contribution in [0.2, 0.25) is 5.02 Å². The first-order valence-electron chi connectivity index (χ1n) is 8.03. The summed E-state index contributed by atoms with van der Waals surface area (Å²) in [6.07, 6.45) is 1.67. The molecule has 1 saturated heterocycles. The number of hydrogen-bond donors (Lipinski definition) is 2. The molecule has 0 bridgehead atoms. The molecule has 3 rings (SSSR count). The smallest absolute Gasteiger partial charge is 0.224 e. The first-order chi connectivity index (χ1) is 11.2. The summed E-state index contributed by atoms with van der Waals surface area (Å²) in [5, 5.41) is 7.20. The first kappa shape index (κ1) is 18.8. The number of rotatable bonds is 5. The minimum Gasteiger partial charge on any atom is -0.349 e. The van der Waals surface area contributed by atoms with Crippen molar-refractivity contribution in [1.29, 1.82) is 0 Å². The zero-order valence-corrected chi connectivity index (χ0v) is 14.9. The Morgan fingerprint density at radius 3 is 2.50 bits per heavy atom. The van der Waals surface area contributed by atoms with Crippen LogP contribution in [0.5, 0.6) is 0 Å². The first-order valence-corrected chi connectivity index (χ1v) is 8.40. The van der Waals surface area contributed by atoms with Crippen molar-refractivity contribution in [2.75, 3.05) is 13.1 Å². The number of hydrogen-bond acceptors (Lipinski definition) is 2. The number of carbonyl (C=O) groups is 1. The zero-order chi connectivity index (χ0) is 16.1. The van der Waals surface area contributed by atoms with Crippen LogP contribution in [0.15, 0.2) is 54.6 Å². The van der Waals surface area contributed by atoms with E-state index in [-0.39, 0.29) is 30.3 Å². The molecule has 1 aliphatic heterocycles. The van der Waals surface area contributed by atoms with Gasteiger partial charge in [-0.2, -0.15) is 0 Å². The van der Waals surface area contributed by atoms with Gasteiger partial charge in [-0.1, -0.05) is 54.1 Å². The van der Waals surface area contributed by atoms with E-state index in [1.165, 1.54) is 0 Å². The topological polar surface area (TPSA) is 41.1 Å². The molecule has 2 aromatic rings. The normalized spacial score (nSPS) is 17.8. The summed E-state index contributed by atoms with van der Waals surface area (Å²) in [6.45, 7) is 1.69. The van der Waals surface area contributed by atoms with Crippen molar-refractivity contribution in [1.82, 2.24) is 10.6 Å². The fourth-order valence-corrected chi connectivity index (χ4v) is 3.09. The molecular formula is C19H22Cl2N2O. The van der Waals surface area contributed by atoms with Gasteiger partial charge in [0.1, 0.15) is 0 Å². The average Bonchev–Trinajstić information content (AvgIpc) is 3.12. The minimum atomic E-state index is -0.0227. The Balaban J connectivity index is 0.00000208. The van der Waals surface area contributed by atoms with Crippen LogP contribution >= 0.6 is 24.0 Å².